The Kier molecular flexibility index (Phi) is 4.92. The van der Waals surface area contributed by atoms with Gasteiger partial charge in [0.15, 0.2) is 0 Å². The fourth-order valence-electron chi connectivity index (χ4n) is 2.08. The molecule has 1 atom stereocenters. The molecule has 1 aromatic heterocycles. The zero-order valence-electron chi connectivity index (χ0n) is 11.6. The van der Waals surface area contributed by atoms with Gasteiger partial charge >= 0.3 is 0 Å². The van der Waals surface area contributed by atoms with Crippen LogP contribution in [0.15, 0.2) is 18.3 Å². The second-order valence-electron chi connectivity index (χ2n) is 4.82. The molecule has 1 aromatic rings. The Morgan fingerprint density at radius 1 is 1.55 bits per heavy atom. The van der Waals surface area contributed by atoms with Gasteiger partial charge in [-0.3, -0.25) is 14.6 Å². The van der Waals surface area contributed by atoms with E-state index in [1.54, 1.807) is 12.3 Å². The maximum atomic E-state index is 12.1. The van der Waals surface area contributed by atoms with Crippen LogP contribution in [0.5, 0.6) is 0 Å². The highest BCUT2D eigenvalue weighted by Gasteiger charge is 2.24. The van der Waals surface area contributed by atoms with Crippen molar-refractivity contribution in [2.75, 3.05) is 18.4 Å². The molecule has 0 radical (unpaired) electrons. The molecular formula is C14H20N4O2. The van der Waals surface area contributed by atoms with E-state index < -0.39 is 6.04 Å². The zero-order valence-corrected chi connectivity index (χ0v) is 11.6. The van der Waals surface area contributed by atoms with E-state index >= 15 is 0 Å². The van der Waals surface area contributed by atoms with E-state index in [1.807, 2.05) is 6.07 Å². The molecule has 2 heterocycles. The highest BCUT2D eigenvalue weighted by molar-refractivity contribution is 5.96. The van der Waals surface area contributed by atoms with Crippen molar-refractivity contribution in [3.05, 3.63) is 24.0 Å². The fourth-order valence-corrected chi connectivity index (χ4v) is 2.08. The number of carbonyl (C=O) groups excluding carboxylic acids is 2. The first-order valence-corrected chi connectivity index (χ1v) is 6.99. The van der Waals surface area contributed by atoms with Crippen molar-refractivity contribution >= 4 is 17.5 Å². The number of carbonyl (C=O) groups is 2. The summed E-state index contributed by atoms with van der Waals surface area (Å²) in [6, 6.07) is 3.07. The van der Waals surface area contributed by atoms with Crippen LogP contribution in [0.1, 0.15) is 36.7 Å². The lowest BCUT2D eigenvalue weighted by Gasteiger charge is -2.22. The third-order valence-electron chi connectivity index (χ3n) is 3.16. The lowest BCUT2D eigenvalue weighted by molar-refractivity contribution is -0.124. The van der Waals surface area contributed by atoms with E-state index in [0.717, 1.165) is 25.1 Å². The maximum Gasteiger partial charge on any atom is 0.270 e. The summed E-state index contributed by atoms with van der Waals surface area (Å²) in [5.74, 6) is -0.433. The maximum absolute atomic E-state index is 12.1. The third-order valence-corrected chi connectivity index (χ3v) is 3.16. The number of piperidine rings is 1. The first-order chi connectivity index (χ1) is 9.70. The number of aromatic nitrogens is 1. The normalized spacial score (nSPS) is 18.2. The van der Waals surface area contributed by atoms with Gasteiger partial charge in [-0.1, -0.05) is 6.92 Å². The molecule has 1 aliphatic heterocycles. The average Bonchev–Trinajstić information content (AvgIpc) is 2.48. The van der Waals surface area contributed by atoms with E-state index in [2.05, 4.69) is 27.9 Å². The molecule has 1 fully saturated rings. The van der Waals surface area contributed by atoms with Crippen molar-refractivity contribution in [2.24, 2.45) is 0 Å². The molecule has 2 rings (SSSR count). The minimum absolute atomic E-state index is 0.120. The topological polar surface area (TPSA) is 83.1 Å². The molecule has 1 aliphatic rings. The van der Waals surface area contributed by atoms with Crippen LogP contribution in [-0.4, -0.2) is 35.9 Å². The molecule has 1 unspecified atom stereocenters. The van der Waals surface area contributed by atoms with E-state index in [1.165, 1.54) is 0 Å². The largest absolute Gasteiger partial charge is 0.385 e. The van der Waals surface area contributed by atoms with Crippen LogP contribution >= 0.6 is 0 Å². The van der Waals surface area contributed by atoms with Crippen LogP contribution in [0.25, 0.3) is 0 Å². The Bertz CT molecular complexity index is 490. The Balaban J connectivity index is 1.99. The van der Waals surface area contributed by atoms with Gasteiger partial charge < -0.3 is 16.0 Å². The van der Waals surface area contributed by atoms with Gasteiger partial charge in [-0.2, -0.15) is 0 Å². The lowest BCUT2D eigenvalue weighted by Crippen LogP contribution is -2.50. The number of amides is 2. The van der Waals surface area contributed by atoms with Gasteiger partial charge in [0.25, 0.3) is 5.91 Å². The minimum Gasteiger partial charge on any atom is -0.385 e. The standard InChI is InChI=1S/C14H20N4O2/c1-2-6-15-10-5-8-16-12(9-10)14(20)18-11-4-3-7-17-13(11)19/h5,8-9,11H,2-4,6-7H2,1H3,(H,15,16)(H,17,19)(H,18,20). The van der Waals surface area contributed by atoms with Crippen molar-refractivity contribution in [1.82, 2.24) is 15.6 Å². The lowest BCUT2D eigenvalue weighted by atomic mass is 10.1. The molecule has 0 saturated carbocycles. The van der Waals surface area contributed by atoms with Gasteiger partial charge in [0.2, 0.25) is 5.91 Å². The molecule has 0 aliphatic carbocycles. The monoisotopic (exact) mass is 276 g/mol. The van der Waals surface area contributed by atoms with E-state index in [0.29, 0.717) is 18.7 Å². The van der Waals surface area contributed by atoms with Crippen LogP contribution < -0.4 is 16.0 Å². The van der Waals surface area contributed by atoms with E-state index in [4.69, 9.17) is 0 Å². The molecule has 0 aromatic carbocycles. The smallest absolute Gasteiger partial charge is 0.270 e. The summed E-state index contributed by atoms with van der Waals surface area (Å²) in [6.45, 7) is 3.60. The molecule has 20 heavy (non-hydrogen) atoms. The second kappa shape index (κ2) is 6.88. The van der Waals surface area contributed by atoms with Crippen molar-refractivity contribution < 1.29 is 9.59 Å². The number of anilines is 1. The third kappa shape index (κ3) is 3.69. The van der Waals surface area contributed by atoms with Crippen LogP contribution in [0, 0.1) is 0 Å². The molecular weight excluding hydrogens is 256 g/mol. The van der Waals surface area contributed by atoms with Gasteiger partial charge in [0.05, 0.1) is 0 Å². The number of hydrogen-bond acceptors (Lipinski definition) is 4. The van der Waals surface area contributed by atoms with Crippen LogP contribution in [0.3, 0.4) is 0 Å². The van der Waals surface area contributed by atoms with E-state index in [9.17, 15) is 9.59 Å². The van der Waals surface area contributed by atoms with Gasteiger partial charge in [-0.05, 0) is 31.4 Å². The van der Waals surface area contributed by atoms with Crippen molar-refractivity contribution in [3.8, 4) is 0 Å². The first kappa shape index (κ1) is 14.3. The number of rotatable bonds is 5. The highest BCUT2D eigenvalue weighted by Crippen LogP contribution is 2.09. The summed E-state index contributed by atoms with van der Waals surface area (Å²) in [5, 5.41) is 8.67. The molecule has 3 N–H and O–H groups in total. The van der Waals surface area contributed by atoms with Gasteiger partial charge in [0.1, 0.15) is 11.7 Å². The van der Waals surface area contributed by atoms with Crippen LogP contribution in [0.2, 0.25) is 0 Å². The molecule has 6 nitrogen and oxygen atoms in total. The predicted molar refractivity (Wildman–Crippen MR) is 76.5 cm³/mol. The number of nitrogens with one attached hydrogen (secondary N) is 3. The van der Waals surface area contributed by atoms with Crippen LogP contribution in [0.4, 0.5) is 5.69 Å². The molecule has 0 spiro atoms. The minimum atomic E-state index is -0.453. The van der Waals surface area contributed by atoms with Crippen molar-refractivity contribution in [3.63, 3.8) is 0 Å². The summed E-state index contributed by atoms with van der Waals surface area (Å²) in [7, 11) is 0. The van der Waals surface area contributed by atoms with Gasteiger partial charge in [-0.15, -0.1) is 0 Å². The molecule has 1 saturated heterocycles. The molecule has 2 amide bonds. The number of hydrogen-bond donors (Lipinski definition) is 3. The summed E-state index contributed by atoms with van der Waals surface area (Å²) in [4.78, 5) is 27.8. The Labute approximate surface area is 118 Å². The molecule has 0 bridgehead atoms. The number of nitrogens with zero attached hydrogens (tertiary/aromatic N) is 1. The van der Waals surface area contributed by atoms with Crippen molar-refractivity contribution in [2.45, 2.75) is 32.2 Å². The Morgan fingerprint density at radius 3 is 3.15 bits per heavy atom. The van der Waals surface area contributed by atoms with E-state index in [-0.39, 0.29) is 11.8 Å². The molecule has 108 valence electrons. The van der Waals surface area contributed by atoms with Crippen molar-refractivity contribution in [1.29, 1.82) is 0 Å². The van der Waals surface area contributed by atoms with Gasteiger partial charge in [0, 0.05) is 25.0 Å². The first-order valence-electron chi connectivity index (χ1n) is 6.99. The SMILES string of the molecule is CCCNc1ccnc(C(=O)NC2CCCNC2=O)c1. The fraction of sp³-hybridized carbons (Fsp3) is 0.500. The summed E-state index contributed by atoms with van der Waals surface area (Å²) in [5.41, 5.74) is 1.18. The number of pyridine rings is 1. The Hall–Kier alpha value is -2.11. The Morgan fingerprint density at radius 2 is 2.40 bits per heavy atom. The second-order valence-corrected chi connectivity index (χ2v) is 4.82. The highest BCUT2D eigenvalue weighted by atomic mass is 16.2. The van der Waals surface area contributed by atoms with Gasteiger partial charge in [-0.25, -0.2) is 0 Å². The quantitative estimate of drug-likeness (QED) is 0.746. The molecule has 6 heteroatoms. The summed E-state index contributed by atoms with van der Waals surface area (Å²) >= 11 is 0. The summed E-state index contributed by atoms with van der Waals surface area (Å²) in [6.07, 6.45) is 4.15. The predicted octanol–water partition coefficient (Wildman–Crippen LogP) is 0.912. The van der Waals surface area contributed by atoms with Crippen LogP contribution in [-0.2, 0) is 4.79 Å². The average molecular weight is 276 g/mol. The zero-order chi connectivity index (χ0) is 14.4. The summed E-state index contributed by atoms with van der Waals surface area (Å²) < 4.78 is 0.